The Morgan fingerprint density at radius 1 is 0.912 bits per heavy atom. The van der Waals surface area contributed by atoms with Gasteiger partial charge >= 0.3 is 0 Å². The third-order valence-corrected chi connectivity index (χ3v) is 5.43. The number of benzene rings is 3. The van der Waals surface area contributed by atoms with Crippen LogP contribution in [0, 0.1) is 6.92 Å². The molecule has 0 aliphatic carbocycles. The second-order valence-electron chi connectivity index (χ2n) is 7.48. The van der Waals surface area contributed by atoms with Gasteiger partial charge in [-0.1, -0.05) is 47.1 Å². The highest BCUT2D eigenvalue weighted by atomic mass is 35.5. The van der Waals surface area contributed by atoms with Crippen LogP contribution in [0.15, 0.2) is 87.8 Å². The van der Waals surface area contributed by atoms with Crippen LogP contribution in [0.3, 0.4) is 0 Å². The first-order chi connectivity index (χ1) is 16.6. The van der Waals surface area contributed by atoms with Gasteiger partial charge in [0.05, 0.1) is 0 Å². The fourth-order valence-electron chi connectivity index (χ4n) is 3.45. The average molecular weight is 472 g/mol. The number of ketones is 1. The maximum Gasteiger partial charge on any atom is 0.254 e. The molecule has 0 bridgehead atoms. The molecule has 0 aliphatic rings. The molecular weight excluding hydrogens is 454 g/mol. The lowest BCUT2D eigenvalue weighted by atomic mass is 10.0. The third kappa shape index (κ3) is 4.46. The van der Waals surface area contributed by atoms with Crippen LogP contribution in [0.1, 0.15) is 27.6 Å². The summed E-state index contributed by atoms with van der Waals surface area (Å²) in [7, 11) is 0. The first-order valence-electron chi connectivity index (χ1n) is 10.5. The zero-order valence-corrected chi connectivity index (χ0v) is 18.8. The molecule has 0 spiro atoms. The average Bonchev–Trinajstić information content (AvgIpc) is 3.50. The molecule has 5 rings (SSSR count). The molecule has 0 saturated heterocycles. The molecule has 0 unspecified atom stereocenters. The van der Waals surface area contributed by atoms with Crippen molar-refractivity contribution in [3.63, 3.8) is 0 Å². The lowest BCUT2D eigenvalue weighted by Gasteiger charge is -2.05. The molecule has 0 N–H and O–H groups in total. The molecule has 5 aromatic rings. The quantitative estimate of drug-likeness (QED) is 0.262. The summed E-state index contributed by atoms with van der Waals surface area (Å²) in [5, 5.41) is 13.0. The molecule has 0 radical (unpaired) electrons. The number of carbonyl (C=O) groups excluding carboxylic acids is 1. The molecule has 168 valence electrons. The van der Waals surface area contributed by atoms with Crippen molar-refractivity contribution in [2.24, 2.45) is 0 Å². The van der Waals surface area contributed by atoms with Crippen molar-refractivity contribution in [1.29, 1.82) is 0 Å². The number of carbonyl (C=O) groups is 1. The number of nitrogens with zero attached hydrogens (tertiary/aromatic N) is 3. The van der Waals surface area contributed by atoms with Crippen molar-refractivity contribution >= 4 is 17.4 Å². The van der Waals surface area contributed by atoms with Crippen LogP contribution in [-0.4, -0.2) is 21.1 Å². The number of halogens is 1. The highest BCUT2D eigenvalue weighted by molar-refractivity contribution is 6.30. The van der Waals surface area contributed by atoms with Crippen LogP contribution in [0.2, 0.25) is 5.02 Å². The number of ether oxygens (including phenoxy) is 1. The minimum Gasteiger partial charge on any atom is -0.484 e. The Morgan fingerprint density at radius 2 is 1.59 bits per heavy atom. The van der Waals surface area contributed by atoms with Crippen LogP contribution in [0.4, 0.5) is 0 Å². The fourth-order valence-corrected chi connectivity index (χ4v) is 3.57. The molecule has 0 atom stereocenters. The minimum atomic E-state index is -0.0944. The van der Waals surface area contributed by atoms with Crippen molar-refractivity contribution < 1.29 is 18.5 Å². The standard InChI is InChI=1S/C26H18ClN3O4/c1-16-23(24(30-34-16)17-5-3-2-4-6-17)26-29-28-22(33-26)15-32-21-13-9-19(10-14-21)25(31)18-7-11-20(27)12-8-18/h2-14H,15H2,1H3. The number of rotatable bonds is 7. The molecule has 0 aliphatic heterocycles. The Hall–Kier alpha value is -4.23. The molecular formula is C26H18ClN3O4. The van der Waals surface area contributed by atoms with E-state index in [1.807, 2.05) is 30.3 Å². The first kappa shape index (κ1) is 21.6. The molecule has 2 aromatic heterocycles. The van der Waals surface area contributed by atoms with Gasteiger partial charge in [-0.2, -0.15) is 0 Å². The van der Waals surface area contributed by atoms with E-state index < -0.39 is 0 Å². The largest absolute Gasteiger partial charge is 0.484 e. The smallest absolute Gasteiger partial charge is 0.254 e. The Bertz CT molecular complexity index is 1430. The number of aromatic nitrogens is 3. The van der Waals surface area contributed by atoms with Crippen LogP contribution in [0.5, 0.6) is 5.75 Å². The molecule has 2 heterocycles. The molecule has 0 amide bonds. The number of hydrogen-bond acceptors (Lipinski definition) is 7. The monoisotopic (exact) mass is 471 g/mol. The van der Waals surface area contributed by atoms with E-state index in [-0.39, 0.29) is 12.4 Å². The summed E-state index contributed by atoms with van der Waals surface area (Å²) in [5.41, 5.74) is 3.28. The lowest BCUT2D eigenvalue weighted by Crippen LogP contribution is -2.01. The van der Waals surface area contributed by atoms with Gasteiger partial charge in [-0.3, -0.25) is 4.79 Å². The second kappa shape index (κ2) is 9.33. The van der Waals surface area contributed by atoms with Gasteiger partial charge in [-0.25, -0.2) is 0 Å². The molecule has 8 heteroatoms. The van der Waals surface area contributed by atoms with Crippen molar-refractivity contribution in [3.05, 3.63) is 107 Å². The van der Waals surface area contributed by atoms with Gasteiger partial charge in [0.2, 0.25) is 0 Å². The summed E-state index contributed by atoms with van der Waals surface area (Å²) in [6.07, 6.45) is 0. The Labute approximate surface area is 200 Å². The van der Waals surface area contributed by atoms with E-state index in [1.54, 1.807) is 55.5 Å². The molecule has 0 saturated carbocycles. The Balaban J connectivity index is 1.27. The van der Waals surface area contributed by atoms with Gasteiger partial charge in [0, 0.05) is 21.7 Å². The normalized spacial score (nSPS) is 10.9. The van der Waals surface area contributed by atoms with Crippen molar-refractivity contribution in [3.8, 4) is 28.5 Å². The van der Waals surface area contributed by atoms with Gasteiger partial charge in [0.1, 0.15) is 22.8 Å². The highest BCUT2D eigenvalue weighted by Crippen LogP contribution is 2.33. The maximum absolute atomic E-state index is 12.6. The Kier molecular flexibility index (Phi) is 5.93. The minimum absolute atomic E-state index is 0.0719. The van der Waals surface area contributed by atoms with E-state index in [0.717, 1.165) is 5.56 Å². The van der Waals surface area contributed by atoms with Crippen molar-refractivity contribution in [2.75, 3.05) is 0 Å². The van der Waals surface area contributed by atoms with E-state index in [9.17, 15) is 4.79 Å². The van der Waals surface area contributed by atoms with E-state index in [0.29, 0.717) is 50.7 Å². The molecule has 0 fully saturated rings. The molecule has 7 nitrogen and oxygen atoms in total. The van der Waals surface area contributed by atoms with Crippen LogP contribution >= 0.6 is 11.6 Å². The van der Waals surface area contributed by atoms with Crippen LogP contribution in [0.25, 0.3) is 22.7 Å². The van der Waals surface area contributed by atoms with E-state index in [1.165, 1.54) is 0 Å². The first-order valence-corrected chi connectivity index (χ1v) is 10.8. The fraction of sp³-hybridized carbons (Fsp3) is 0.0769. The zero-order valence-electron chi connectivity index (χ0n) is 18.1. The lowest BCUT2D eigenvalue weighted by molar-refractivity contribution is 0.103. The Morgan fingerprint density at radius 3 is 2.29 bits per heavy atom. The predicted octanol–water partition coefficient (Wildman–Crippen LogP) is 6.16. The third-order valence-electron chi connectivity index (χ3n) is 5.18. The van der Waals surface area contributed by atoms with Gasteiger partial charge in [0.25, 0.3) is 11.8 Å². The van der Waals surface area contributed by atoms with Crippen molar-refractivity contribution in [2.45, 2.75) is 13.5 Å². The van der Waals surface area contributed by atoms with E-state index in [4.69, 9.17) is 25.3 Å². The predicted molar refractivity (Wildman–Crippen MR) is 126 cm³/mol. The summed E-state index contributed by atoms with van der Waals surface area (Å²) in [4.78, 5) is 12.6. The molecule has 3 aromatic carbocycles. The van der Waals surface area contributed by atoms with E-state index >= 15 is 0 Å². The molecule has 34 heavy (non-hydrogen) atoms. The van der Waals surface area contributed by atoms with Crippen molar-refractivity contribution in [1.82, 2.24) is 15.4 Å². The SMILES string of the molecule is Cc1onc(-c2ccccc2)c1-c1nnc(COc2ccc(C(=O)c3ccc(Cl)cc3)cc2)o1. The topological polar surface area (TPSA) is 91.3 Å². The van der Waals surface area contributed by atoms with Gasteiger partial charge < -0.3 is 13.7 Å². The van der Waals surface area contributed by atoms with E-state index in [2.05, 4.69) is 15.4 Å². The summed E-state index contributed by atoms with van der Waals surface area (Å²) in [5.74, 6) is 1.66. The zero-order chi connectivity index (χ0) is 23.5. The summed E-state index contributed by atoms with van der Waals surface area (Å²) < 4.78 is 16.9. The summed E-state index contributed by atoms with van der Waals surface area (Å²) in [6, 6.07) is 23.3. The van der Waals surface area contributed by atoms with Gasteiger partial charge in [-0.15, -0.1) is 10.2 Å². The van der Waals surface area contributed by atoms with Crippen LogP contribution < -0.4 is 4.74 Å². The number of hydrogen-bond donors (Lipinski definition) is 0. The summed E-state index contributed by atoms with van der Waals surface area (Å²) in [6.45, 7) is 1.87. The summed E-state index contributed by atoms with van der Waals surface area (Å²) >= 11 is 5.89. The maximum atomic E-state index is 12.6. The number of aryl methyl sites for hydroxylation is 1. The van der Waals surface area contributed by atoms with Crippen LogP contribution in [-0.2, 0) is 6.61 Å². The van der Waals surface area contributed by atoms with Gasteiger partial charge in [0.15, 0.2) is 12.4 Å². The second-order valence-corrected chi connectivity index (χ2v) is 7.91. The van der Waals surface area contributed by atoms with Gasteiger partial charge in [-0.05, 0) is 55.5 Å². The highest BCUT2D eigenvalue weighted by Gasteiger charge is 2.22.